The number of nitrogens with zero attached hydrogens (tertiary/aromatic N) is 2. The lowest BCUT2D eigenvalue weighted by Gasteiger charge is -2.34. The van der Waals surface area contributed by atoms with Crippen LogP contribution in [0.25, 0.3) is 0 Å². The van der Waals surface area contributed by atoms with Crippen molar-refractivity contribution in [3.63, 3.8) is 0 Å². The van der Waals surface area contributed by atoms with Crippen molar-refractivity contribution in [1.29, 1.82) is 0 Å². The molecule has 1 N–H and O–H groups in total. The number of hydrogen-bond donors (Lipinski definition) is 1. The molecule has 1 aliphatic heterocycles. The van der Waals surface area contributed by atoms with Crippen LogP contribution in [0.2, 0.25) is 0 Å². The lowest BCUT2D eigenvalue weighted by atomic mass is 10.1. The van der Waals surface area contributed by atoms with E-state index in [-0.39, 0.29) is 12.1 Å². The van der Waals surface area contributed by atoms with Crippen molar-refractivity contribution >= 4 is 11.9 Å². The number of ether oxygens (including phenoxy) is 2. The van der Waals surface area contributed by atoms with Gasteiger partial charge in [0.2, 0.25) is 0 Å². The molecule has 29 heavy (non-hydrogen) atoms. The first-order valence-corrected chi connectivity index (χ1v) is 11.1. The van der Waals surface area contributed by atoms with Crippen LogP contribution in [0.5, 0.6) is 5.75 Å². The zero-order chi connectivity index (χ0) is 20.7. The molecule has 162 valence electrons. The lowest BCUT2D eigenvalue weighted by molar-refractivity contribution is -0.143. The van der Waals surface area contributed by atoms with Gasteiger partial charge in [-0.15, -0.1) is 0 Å². The number of carbonyl (C=O) groups is 1. The maximum Gasteiger partial charge on any atom is 0.305 e. The number of piperidine rings is 1. The maximum absolute atomic E-state index is 11.3. The van der Waals surface area contributed by atoms with Gasteiger partial charge in [0.05, 0.1) is 6.61 Å². The Labute approximate surface area is 175 Å². The number of nitrogens with one attached hydrogen (secondary N) is 1. The van der Waals surface area contributed by atoms with Crippen LogP contribution in [0, 0.1) is 0 Å². The number of para-hydroxylation sites is 1. The molecule has 0 saturated carbocycles. The van der Waals surface area contributed by atoms with Gasteiger partial charge < -0.3 is 19.7 Å². The molecule has 0 amide bonds. The summed E-state index contributed by atoms with van der Waals surface area (Å²) in [7, 11) is 1.85. The minimum absolute atomic E-state index is 0.0732. The monoisotopic (exact) mass is 403 g/mol. The minimum atomic E-state index is -0.0732. The summed E-state index contributed by atoms with van der Waals surface area (Å²) >= 11 is 0. The van der Waals surface area contributed by atoms with Gasteiger partial charge in [-0.25, -0.2) is 0 Å². The average molecular weight is 404 g/mol. The van der Waals surface area contributed by atoms with Crippen molar-refractivity contribution in [2.45, 2.75) is 64.4 Å². The van der Waals surface area contributed by atoms with Gasteiger partial charge in [0.25, 0.3) is 0 Å². The summed E-state index contributed by atoms with van der Waals surface area (Å²) in [6, 6.07) is 10.1. The molecule has 1 aromatic carbocycles. The maximum atomic E-state index is 11.3. The highest BCUT2D eigenvalue weighted by Crippen LogP contribution is 2.18. The molecule has 2 rings (SSSR count). The first-order chi connectivity index (χ1) is 14.2. The Morgan fingerprint density at radius 3 is 2.48 bits per heavy atom. The summed E-state index contributed by atoms with van der Waals surface area (Å²) in [5.41, 5.74) is 0. The third-order valence-electron chi connectivity index (χ3n) is 5.15. The largest absolute Gasteiger partial charge is 0.490 e. The third kappa shape index (κ3) is 9.20. The highest BCUT2D eigenvalue weighted by atomic mass is 16.5. The molecule has 1 saturated heterocycles. The van der Waals surface area contributed by atoms with Crippen LogP contribution in [0.4, 0.5) is 0 Å². The van der Waals surface area contributed by atoms with Crippen molar-refractivity contribution in [3.05, 3.63) is 30.3 Å². The predicted octanol–water partition coefficient (Wildman–Crippen LogP) is 4.01. The van der Waals surface area contributed by atoms with E-state index in [1.54, 1.807) is 0 Å². The van der Waals surface area contributed by atoms with Crippen LogP contribution in [-0.4, -0.2) is 56.2 Å². The average Bonchev–Trinajstić information content (AvgIpc) is 2.74. The zero-order valence-corrected chi connectivity index (χ0v) is 18.1. The second kappa shape index (κ2) is 13.9. The van der Waals surface area contributed by atoms with Gasteiger partial charge in [-0.3, -0.25) is 9.79 Å². The Morgan fingerprint density at radius 2 is 1.79 bits per heavy atom. The van der Waals surface area contributed by atoms with Gasteiger partial charge in [-0.2, -0.15) is 0 Å². The molecular weight excluding hydrogens is 366 g/mol. The van der Waals surface area contributed by atoms with Crippen molar-refractivity contribution in [2.75, 3.05) is 33.3 Å². The van der Waals surface area contributed by atoms with Gasteiger partial charge in [-0.1, -0.05) is 37.5 Å². The molecule has 0 aliphatic carbocycles. The Morgan fingerprint density at radius 1 is 1.10 bits per heavy atom. The molecule has 0 bridgehead atoms. The van der Waals surface area contributed by atoms with Gasteiger partial charge in [0.1, 0.15) is 11.9 Å². The summed E-state index contributed by atoms with van der Waals surface area (Å²) in [6.07, 6.45) is 8.29. The fourth-order valence-corrected chi connectivity index (χ4v) is 3.57. The quantitative estimate of drug-likeness (QED) is 0.262. The highest BCUT2D eigenvalue weighted by molar-refractivity contribution is 5.79. The number of likely N-dealkylation sites (tertiary alicyclic amines) is 1. The van der Waals surface area contributed by atoms with Crippen molar-refractivity contribution in [3.8, 4) is 5.75 Å². The SMILES string of the molecule is CCOC(=O)CCCCCCCNC(=NC)N1CCC(Oc2ccccc2)CC1. The summed E-state index contributed by atoms with van der Waals surface area (Å²) in [6.45, 7) is 5.18. The summed E-state index contributed by atoms with van der Waals surface area (Å²) in [5, 5.41) is 3.49. The van der Waals surface area contributed by atoms with E-state index in [4.69, 9.17) is 9.47 Å². The molecule has 0 aromatic heterocycles. The highest BCUT2D eigenvalue weighted by Gasteiger charge is 2.22. The Kier molecular flexibility index (Phi) is 11.0. The number of rotatable bonds is 11. The van der Waals surface area contributed by atoms with E-state index in [0.717, 1.165) is 69.9 Å². The molecule has 6 heteroatoms. The number of benzene rings is 1. The lowest BCUT2D eigenvalue weighted by Crippen LogP contribution is -2.47. The van der Waals surface area contributed by atoms with Crippen LogP contribution in [-0.2, 0) is 9.53 Å². The molecular formula is C23H37N3O3. The van der Waals surface area contributed by atoms with E-state index in [2.05, 4.69) is 15.2 Å². The molecule has 1 fully saturated rings. The smallest absolute Gasteiger partial charge is 0.305 e. The van der Waals surface area contributed by atoms with Crippen molar-refractivity contribution in [2.24, 2.45) is 4.99 Å². The molecule has 0 unspecified atom stereocenters. The molecule has 1 aliphatic rings. The molecule has 0 spiro atoms. The van der Waals surface area contributed by atoms with Crippen LogP contribution >= 0.6 is 0 Å². The van der Waals surface area contributed by atoms with Crippen molar-refractivity contribution in [1.82, 2.24) is 10.2 Å². The Bertz CT molecular complexity index is 599. The fourth-order valence-electron chi connectivity index (χ4n) is 3.57. The van der Waals surface area contributed by atoms with E-state index >= 15 is 0 Å². The number of esters is 1. The van der Waals surface area contributed by atoms with E-state index in [9.17, 15) is 4.79 Å². The van der Waals surface area contributed by atoms with Crippen molar-refractivity contribution < 1.29 is 14.3 Å². The molecule has 1 aromatic rings. The van der Waals surface area contributed by atoms with Gasteiger partial charge in [-0.05, 0) is 31.9 Å². The normalized spacial score (nSPS) is 15.2. The molecule has 1 heterocycles. The standard InChI is InChI=1S/C23H37N3O3/c1-3-28-22(27)14-10-5-4-6-11-17-25-23(24-2)26-18-15-21(16-19-26)29-20-12-8-7-9-13-20/h7-9,12-13,21H,3-6,10-11,14-19H2,1-2H3,(H,24,25). The second-order valence-electron chi connectivity index (χ2n) is 7.41. The summed E-state index contributed by atoms with van der Waals surface area (Å²) in [4.78, 5) is 18.1. The van der Waals surface area contributed by atoms with Gasteiger partial charge in [0, 0.05) is 45.9 Å². The number of unbranched alkanes of at least 4 members (excludes halogenated alkanes) is 4. The van der Waals surface area contributed by atoms with Crippen LogP contribution in [0.1, 0.15) is 58.3 Å². The fraction of sp³-hybridized carbons (Fsp3) is 0.652. The summed E-state index contributed by atoms with van der Waals surface area (Å²) in [5.74, 6) is 1.87. The Hall–Kier alpha value is -2.24. The minimum Gasteiger partial charge on any atom is -0.490 e. The van der Waals surface area contributed by atoms with E-state index in [0.29, 0.717) is 13.0 Å². The second-order valence-corrected chi connectivity index (χ2v) is 7.41. The predicted molar refractivity (Wildman–Crippen MR) is 117 cm³/mol. The molecule has 6 nitrogen and oxygen atoms in total. The van der Waals surface area contributed by atoms with Gasteiger partial charge >= 0.3 is 5.97 Å². The van der Waals surface area contributed by atoms with E-state index < -0.39 is 0 Å². The summed E-state index contributed by atoms with van der Waals surface area (Å²) < 4.78 is 11.0. The van der Waals surface area contributed by atoms with E-state index in [1.807, 2.05) is 44.3 Å². The van der Waals surface area contributed by atoms with Crippen LogP contribution in [0.15, 0.2) is 35.3 Å². The zero-order valence-electron chi connectivity index (χ0n) is 18.1. The number of aliphatic imine (C=N–C) groups is 1. The third-order valence-corrected chi connectivity index (χ3v) is 5.15. The topological polar surface area (TPSA) is 63.2 Å². The number of hydrogen-bond acceptors (Lipinski definition) is 4. The number of guanidine groups is 1. The van der Waals surface area contributed by atoms with Crippen LogP contribution < -0.4 is 10.1 Å². The Balaban J connectivity index is 1.53. The van der Waals surface area contributed by atoms with Crippen LogP contribution in [0.3, 0.4) is 0 Å². The first kappa shape index (κ1) is 23.0. The van der Waals surface area contributed by atoms with Gasteiger partial charge in [0.15, 0.2) is 5.96 Å². The van der Waals surface area contributed by atoms with E-state index in [1.165, 1.54) is 6.42 Å². The molecule has 0 radical (unpaired) electrons. The first-order valence-electron chi connectivity index (χ1n) is 11.1. The number of carbonyl (C=O) groups excluding carboxylic acids is 1. The molecule has 0 atom stereocenters.